The average Bonchev–Trinajstić information content (AvgIpc) is 3.08. The number of nitrogens with one attached hydrogen (secondary N) is 1. The number of benzene rings is 4. The van der Waals surface area contributed by atoms with E-state index in [4.69, 9.17) is 35.9 Å². The topological polar surface area (TPSA) is 104 Å². The van der Waals surface area contributed by atoms with Crippen molar-refractivity contribution < 1.29 is 19.0 Å². The highest BCUT2D eigenvalue weighted by molar-refractivity contribution is 6.30. The maximum absolute atomic E-state index is 14.0. The molecule has 0 radical (unpaired) electrons. The smallest absolute Gasteiger partial charge is 0.282 e. The largest absolute Gasteiger partial charge is 0.496 e. The van der Waals surface area contributed by atoms with E-state index in [1.165, 1.54) is 4.68 Å². The van der Waals surface area contributed by atoms with Crippen LogP contribution in [0.2, 0.25) is 5.02 Å². The van der Waals surface area contributed by atoms with Gasteiger partial charge in [0.25, 0.3) is 11.5 Å². The molecule has 0 atom stereocenters. The Hall–Kier alpha value is -5.41. The molecule has 252 valence electrons. The molecular formula is C39H39ClN4O5. The van der Waals surface area contributed by atoms with Crippen LogP contribution in [-0.2, 0) is 11.2 Å². The molecule has 4 aromatic carbocycles. The lowest BCUT2D eigenvalue weighted by molar-refractivity contribution is -0.118. The van der Waals surface area contributed by atoms with Crippen molar-refractivity contribution in [3.8, 4) is 28.6 Å². The van der Waals surface area contributed by atoms with Crippen molar-refractivity contribution in [2.24, 2.45) is 5.10 Å². The fourth-order valence-corrected chi connectivity index (χ4v) is 5.58. The van der Waals surface area contributed by atoms with Gasteiger partial charge in [0, 0.05) is 21.8 Å². The molecular weight excluding hydrogens is 640 g/mol. The SMILES string of the molecule is C=CCc1cc(C=Nn2c(-c3cc(C(C)C)c(OC)cc3C)nc3ccccc3c2=O)cc(OCC)c1OCC(=O)Nc1ccc(Cl)cc1. The van der Waals surface area contributed by atoms with Crippen LogP contribution in [0.4, 0.5) is 5.69 Å². The molecule has 5 rings (SSSR count). The van der Waals surface area contributed by atoms with Gasteiger partial charge in [-0.1, -0.05) is 43.7 Å². The molecule has 1 amide bonds. The first-order valence-corrected chi connectivity index (χ1v) is 16.3. The molecule has 9 nitrogen and oxygen atoms in total. The lowest BCUT2D eigenvalue weighted by Gasteiger charge is -2.18. The number of halogens is 1. The van der Waals surface area contributed by atoms with Gasteiger partial charge in [0.2, 0.25) is 0 Å². The first-order chi connectivity index (χ1) is 23.6. The van der Waals surface area contributed by atoms with E-state index < -0.39 is 0 Å². The Bertz CT molecular complexity index is 2090. The van der Waals surface area contributed by atoms with E-state index in [2.05, 4.69) is 25.7 Å². The van der Waals surface area contributed by atoms with E-state index in [9.17, 15) is 9.59 Å². The standard InChI is InChI=1S/C39H39ClN4O5/c1-7-11-27-19-26(20-35(48-8-2)37(27)49-23-36(45)42-29-16-14-28(40)15-17-29)22-41-44-38(43-33-13-10-9-12-30(33)39(44)46)32-21-31(24(3)4)34(47-6)18-25(32)5/h7,9-10,12-22,24H,1,8,11,23H2,2-6H3,(H,42,45). The number of aryl methyl sites for hydroxylation is 1. The third-order valence-corrected chi connectivity index (χ3v) is 8.06. The number of carbonyl (C=O) groups excluding carboxylic acids is 1. The van der Waals surface area contributed by atoms with Gasteiger partial charge in [-0.2, -0.15) is 9.78 Å². The van der Waals surface area contributed by atoms with Crippen LogP contribution in [-0.4, -0.2) is 42.1 Å². The molecule has 1 aromatic heterocycles. The van der Waals surface area contributed by atoms with Gasteiger partial charge in [0.05, 0.1) is 30.8 Å². The zero-order chi connectivity index (χ0) is 35.1. The van der Waals surface area contributed by atoms with Crippen LogP contribution in [0.5, 0.6) is 17.2 Å². The summed E-state index contributed by atoms with van der Waals surface area (Å²) in [5.41, 5.74) is 4.91. The predicted octanol–water partition coefficient (Wildman–Crippen LogP) is 8.18. The maximum Gasteiger partial charge on any atom is 0.282 e. The molecule has 0 bridgehead atoms. The fourth-order valence-electron chi connectivity index (χ4n) is 5.46. The van der Waals surface area contributed by atoms with Crippen LogP contribution in [0.25, 0.3) is 22.3 Å². The molecule has 5 aromatic rings. The van der Waals surface area contributed by atoms with Crippen LogP contribution in [0, 0.1) is 6.92 Å². The highest BCUT2D eigenvalue weighted by Crippen LogP contribution is 2.35. The van der Waals surface area contributed by atoms with Gasteiger partial charge in [0.1, 0.15) is 5.75 Å². The first-order valence-electron chi connectivity index (χ1n) is 16.0. The summed E-state index contributed by atoms with van der Waals surface area (Å²) < 4.78 is 19.0. The Morgan fingerprint density at radius 1 is 1.06 bits per heavy atom. The number of aromatic nitrogens is 2. The minimum Gasteiger partial charge on any atom is -0.496 e. The van der Waals surface area contributed by atoms with Gasteiger partial charge in [-0.05, 0) is 104 Å². The molecule has 1 heterocycles. The van der Waals surface area contributed by atoms with E-state index in [-0.39, 0.29) is 24.0 Å². The van der Waals surface area contributed by atoms with Crippen molar-refractivity contribution in [1.82, 2.24) is 9.66 Å². The molecule has 0 spiro atoms. The summed E-state index contributed by atoms with van der Waals surface area (Å²) in [4.78, 5) is 31.6. The number of rotatable bonds is 13. The Labute approximate surface area is 290 Å². The summed E-state index contributed by atoms with van der Waals surface area (Å²) >= 11 is 5.96. The van der Waals surface area contributed by atoms with Crippen LogP contribution in [0.3, 0.4) is 0 Å². The predicted molar refractivity (Wildman–Crippen MR) is 197 cm³/mol. The van der Waals surface area contributed by atoms with Crippen molar-refractivity contribution in [3.05, 3.63) is 123 Å². The second-order valence-corrected chi connectivity index (χ2v) is 12.1. The van der Waals surface area contributed by atoms with Crippen LogP contribution >= 0.6 is 11.6 Å². The summed E-state index contributed by atoms with van der Waals surface area (Å²) in [5, 5.41) is 8.53. The summed E-state index contributed by atoms with van der Waals surface area (Å²) in [6.07, 6.45) is 3.76. The van der Waals surface area contributed by atoms with Gasteiger partial charge < -0.3 is 19.5 Å². The molecule has 1 N–H and O–H groups in total. The second kappa shape index (κ2) is 15.7. The summed E-state index contributed by atoms with van der Waals surface area (Å²) in [6.45, 7) is 12.0. The van der Waals surface area contributed by atoms with Crippen LogP contribution in [0.1, 0.15) is 48.9 Å². The van der Waals surface area contributed by atoms with Crippen molar-refractivity contribution in [2.45, 2.75) is 40.0 Å². The van der Waals surface area contributed by atoms with E-state index in [1.54, 1.807) is 61.9 Å². The molecule has 0 saturated carbocycles. The van der Waals surface area contributed by atoms with Crippen LogP contribution < -0.4 is 25.1 Å². The Morgan fingerprint density at radius 3 is 2.51 bits per heavy atom. The monoisotopic (exact) mass is 678 g/mol. The van der Waals surface area contributed by atoms with E-state index in [0.29, 0.717) is 57.5 Å². The quantitative estimate of drug-likeness (QED) is 0.0995. The molecule has 0 aliphatic heterocycles. The first kappa shape index (κ1) is 34.9. The number of para-hydroxylation sites is 1. The van der Waals surface area contributed by atoms with E-state index in [1.807, 2.05) is 44.2 Å². The number of nitrogens with zero attached hydrogens (tertiary/aromatic N) is 3. The van der Waals surface area contributed by atoms with E-state index >= 15 is 0 Å². The third kappa shape index (κ3) is 8.01. The molecule has 0 fully saturated rings. The highest BCUT2D eigenvalue weighted by atomic mass is 35.5. The normalized spacial score (nSPS) is 11.2. The molecule has 0 unspecified atom stereocenters. The van der Waals surface area contributed by atoms with Gasteiger partial charge in [0.15, 0.2) is 23.9 Å². The van der Waals surface area contributed by atoms with Crippen molar-refractivity contribution in [2.75, 3.05) is 25.6 Å². The molecule has 49 heavy (non-hydrogen) atoms. The zero-order valence-electron chi connectivity index (χ0n) is 28.2. The van der Waals surface area contributed by atoms with Gasteiger partial charge in [-0.3, -0.25) is 9.59 Å². The van der Waals surface area contributed by atoms with E-state index in [0.717, 1.165) is 28.0 Å². The minimum absolute atomic E-state index is 0.169. The number of allylic oxidation sites excluding steroid dienone is 1. The Kier molecular flexibility index (Phi) is 11.2. The number of ether oxygens (including phenoxy) is 3. The minimum atomic E-state index is -0.342. The van der Waals surface area contributed by atoms with Gasteiger partial charge in [-0.15, -0.1) is 6.58 Å². The van der Waals surface area contributed by atoms with Crippen molar-refractivity contribution in [3.63, 3.8) is 0 Å². The maximum atomic E-state index is 14.0. The Morgan fingerprint density at radius 2 is 1.82 bits per heavy atom. The highest BCUT2D eigenvalue weighted by Gasteiger charge is 2.19. The average molecular weight is 679 g/mol. The molecule has 0 saturated heterocycles. The fraction of sp³-hybridized carbons (Fsp3) is 0.231. The van der Waals surface area contributed by atoms with Gasteiger partial charge in [-0.25, -0.2) is 4.98 Å². The molecule has 0 aliphatic carbocycles. The molecule has 0 aliphatic rings. The number of anilines is 1. The van der Waals surface area contributed by atoms with Crippen LogP contribution in [0.15, 0.2) is 95.3 Å². The summed E-state index contributed by atoms with van der Waals surface area (Å²) in [7, 11) is 1.65. The summed E-state index contributed by atoms with van der Waals surface area (Å²) in [5.74, 6) is 1.86. The molecule has 10 heteroatoms. The van der Waals surface area contributed by atoms with Crippen molar-refractivity contribution in [1.29, 1.82) is 0 Å². The van der Waals surface area contributed by atoms with Gasteiger partial charge >= 0.3 is 0 Å². The number of carbonyl (C=O) groups is 1. The third-order valence-electron chi connectivity index (χ3n) is 7.81. The number of hydrogen-bond donors (Lipinski definition) is 1. The number of methoxy groups -OCH3 is 1. The summed E-state index contributed by atoms with van der Waals surface area (Å²) in [6, 6.07) is 21.7. The Balaban J connectivity index is 1.56. The second-order valence-electron chi connectivity index (χ2n) is 11.7. The number of hydrogen-bond acceptors (Lipinski definition) is 7. The number of fused-ring (bicyclic) bond motifs is 1. The zero-order valence-corrected chi connectivity index (χ0v) is 29.0. The lowest BCUT2D eigenvalue weighted by atomic mass is 9.96. The number of amides is 1. The van der Waals surface area contributed by atoms with Crippen molar-refractivity contribution >= 4 is 40.3 Å². The lowest BCUT2D eigenvalue weighted by Crippen LogP contribution is -2.21.